The van der Waals surface area contributed by atoms with Crippen molar-refractivity contribution in [1.29, 1.82) is 0 Å². The molecule has 2 aromatic heterocycles. The van der Waals surface area contributed by atoms with Crippen LogP contribution in [0.3, 0.4) is 0 Å². The lowest BCUT2D eigenvalue weighted by atomic mass is 9.98. The first-order valence-electron chi connectivity index (χ1n) is 11.8. The van der Waals surface area contributed by atoms with Crippen molar-refractivity contribution in [2.24, 2.45) is 7.05 Å². The second-order valence-corrected chi connectivity index (χ2v) is 9.24. The van der Waals surface area contributed by atoms with Crippen molar-refractivity contribution in [3.63, 3.8) is 0 Å². The minimum absolute atomic E-state index is 0.0160. The fourth-order valence-electron chi connectivity index (χ4n) is 4.89. The number of alkyl halides is 5. The zero-order chi connectivity index (χ0) is 26.4. The third-order valence-corrected chi connectivity index (χ3v) is 7.03. The highest BCUT2D eigenvalue weighted by Crippen LogP contribution is 2.35. The average Bonchev–Trinajstić information content (AvgIpc) is 2.85. The molecule has 0 amide bonds. The summed E-state index contributed by atoms with van der Waals surface area (Å²) in [6, 6.07) is 7.52. The van der Waals surface area contributed by atoms with E-state index in [-0.39, 0.29) is 29.5 Å². The van der Waals surface area contributed by atoms with Crippen molar-refractivity contribution in [2.45, 2.75) is 57.9 Å². The lowest BCUT2D eigenvalue weighted by Crippen LogP contribution is -2.58. The third kappa shape index (κ3) is 4.80. The number of anilines is 1. The van der Waals surface area contributed by atoms with Gasteiger partial charge in [0.2, 0.25) is 0 Å². The van der Waals surface area contributed by atoms with Crippen molar-refractivity contribution in [2.75, 3.05) is 18.0 Å². The van der Waals surface area contributed by atoms with Crippen LogP contribution in [0.4, 0.5) is 27.8 Å². The molecule has 0 spiro atoms. The molecule has 4 rings (SSSR count). The number of pyridine rings is 1. The van der Waals surface area contributed by atoms with Gasteiger partial charge in [-0.3, -0.25) is 9.47 Å². The molecule has 0 bridgehead atoms. The van der Waals surface area contributed by atoms with Crippen LogP contribution in [-0.2, 0) is 13.2 Å². The number of nitrogens with zero attached hydrogens (tertiary/aromatic N) is 5. The molecule has 11 heteroatoms. The predicted molar refractivity (Wildman–Crippen MR) is 127 cm³/mol. The summed E-state index contributed by atoms with van der Waals surface area (Å²) in [5, 5.41) is 0. The Morgan fingerprint density at radius 1 is 1.06 bits per heavy atom. The summed E-state index contributed by atoms with van der Waals surface area (Å²) in [4.78, 5) is 25.1. The van der Waals surface area contributed by atoms with E-state index in [2.05, 4.69) is 14.9 Å². The quantitative estimate of drug-likeness (QED) is 0.435. The Morgan fingerprint density at radius 2 is 1.72 bits per heavy atom. The van der Waals surface area contributed by atoms with Gasteiger partial charge in [-0.25, -0.2) is 18.6 Å². The minimum Gasteiger partial charge on any atom is -0.349 e. The lowest BCUT2D eigenvalue weighted by Gasteiger charge is -2.48. The monoisotopic (exact) mass is 509 g/mol. The maximum absolute atomic E-state index is 13.4. The predicted octanol–water partition coefficient (Wildman–Crippen LogP) is 5.34. The number of halogens is 5. The average molecular weight is 510 g/mol. The molecule has 3 heterocycles. The SMILES string of the molecule is CCC1CN(c2nc(=O)n(C)c3ccc(C(F)F)nc23)[C@@H](C)CN1C(C)c1ccc(C(F)(F)F)cc1. The smallest absolute Gasteiger partial charge is 0.349 e. The summed E-state index contributed by atoms with van der Waals surface area (Å²) in [6.07, 6.45) is -6.43. The van der Waals surface area contributed by atoms with E-state index >= 15 is 0 Å². The highest BCUT2D eigenvalue weighted by atomic mass is 19.4. The van der Waals surface area contributed by atoms with E-state index in [1.807, 2.05) is 25.7 Å². The van der Waals surface area contributed by atoms with Crippen LogP contribution in [-0.4, -0.2) is 44.6 Å². The summed E-state index contributed by atoms with van der Waals surface area (Å²) >= 11 is 0. The molecule has 3 atom stereocenters. The molecule has 194 valence electrons. The fourth-order valence-corrected chi connectivity index (χ4v) is 4.89. The molecule has 1 saturated heterocycles. The number of hydrogen-bond acceptors (Lipinski definition) is 5. The van der Waals surface area contributed by atoms with Crippen LogP contribution in [0.1, 0.15) is 56.5 Å². The first-order valence-corrected chi connectivity index (χ1v) is 11.8. The van der Waals surface area contributed by atoms with Gasteiger partial charge in [-0.2, -0.15) is 18.2 Å². The second-order valence-electron chi connectivity index (χ2n) is 9.24. The van der Waals surface area contributed by atoms with E-state index in [0.29, 0.717) is 18.6 Å². The molecule has 0 N–H and O–H groups in total. The third-order valence-electron chi connectivity index (χ3n) is 7.03. The van der Waals surface area contributed by atoms with E-state index in [9.17, 15) is 26.7 Å². The standard InChI is InChI=1S/C25H28F5N5O/c1-5-18-13-34(23-21-20(33(4)24(36)32-23)11-10-19(31-21)22(26)27)14(2)12-35(18)15(3)16-6-8-17(9-7-16)25(28,29)30/h6-11,14-15,18,22H,5,12-13H2,1-4H3/t14-,15?,18?/m0/s1. The number of aromatic nitrogens is 3. The summed E-state index contributed by atoms with van der Waals surface area (Å²) in [6.45, 7) is 6.90. The van der Waals surface area contributed by atoms with Gasteiger partial charge >= 0.3 is 11.9 Å². The molecular formula is C25H28F5N5O. The number of fused-ring (bicyclic) bond motifs is 1. The maximum atomic E-state index is 13.4. The van der Waals surface area contributed by atoms with Crippen molar-refractivity contribution in [1.82, 2.24) is 19.4 Å². The van der Waals surface area contributed by atoms with Gasteiger partial charge < -0.3 is 4.90 Å². The molecule has 1 aliphatic heterocycles. The van der Waals surface area contributed by atoms with Gasteiger partial charge in [-0.1, -0.05) is 19.1 Å². The molecule has 36 heavy (non-hydrogen) atoms. The van der Waals surface area contributed by atoms with E-state index in [4.69, 9.17) is 0 Å². The second kappa shape index (κ2) is 9.76. The highest BCUT2D eigenvalue weighted by Gasteiger charge is 2.36. The van der Waals surface area contributed by atoms with E-state index in [1.54, 1.807) is 0 Å². The van der Waals surface area contributed by atoms with Crippen LogP contribution in [0, 0.1) is 0 Å². The van der Waals surface area contributed by atoms with Gasteiger partial charge in [-0.15, -0.1) is 0 Å². The fraction of sp³-hybridized carbons (Fsp3) is 0.480. The normalized spacial score (nSPS) is 20.3. The van der Waals surface area contributed by atoms with Crippen LogP contribution >= 0.6 is 0 Å². The number of benzene rings is 1. The molecule has 0 saturated carbocycles. The van der Waals surface area contributed by atoms with Gasteiger partial charge in [0.15, 0.2) is 5.82 Å². The van der Waals surface area contributed by atoms with Crippen LogP contribution in [0.5, 0.6) is 0 Å². The summed E-state index contributed by atoms with van der Waals surface area (Å²) in [5.41, 5.74) is -0.176. The molecule has 1 aromatic carbocycles. The summed E-state index contributed by atoms with van der Waals surface area (Å²) < 4.78 is 67.0. The Hall–Kier alpha value is -3.08. The van der Waals surface area contributed by atoms with Crippen LogP contribution in [0.2, 0.25) is 0 Å². The maximum Gasteiger partial charge on any atom is 0.416 e. The number of hydrogen-bond donors (Lipinski definition) is 0. The molecule has 0 aliphatic carbocycles. The molecule has 0 radical (unpaired) electrons. The van der Waals surface area contributed by atoms with Crippen LogP contribution in [0.15, 0.2) is 41.2 Å². The van der Waals surface area contributed by atoms with Gasteiger partial charge in [0.1, 0.15) is 11.2 Å². The first kappa shape index (κ1) is 26.0. The number of piperazine rings is 1. The largest absolute Gasteiger partial charge is 0.416 e. The Labute approximate surface area is 205 Å². The highest BCUT2D eigenvalue weighted by molar-refractivity contribution is 5.86. The topological polar surface area (TPSA) is 54.3 Å². The molecular weight excluding hydrogens is 481 g/mol. The Balaban J connectivity index is 1.67. The zero-order valence-corrected chi connectivity index (χ0v) is 20.4. The van der Waals surface area contributed by atoms with Gasteiger partial charge in [-0.05, 0) is 50.1 Å². The number of rotatable bonds is 5. The minimum atomic E-state index is -4.39. The van der Waals surface area contributed by atoms with Crippen LogP contribution in [0.25, 0.3) is 11.0 Å². The van der Waals surface area contributed by atoms with E-state index in [1.165, 1.54) is 35.9 Å². The summed E-state index contributed by atoms with van der Waals surface area (Å²) in [7, 11) is 1.52. The van der Waals surface area contributed by atoms with E-state index in [0.717, 1.165) is 24.1 Å². The van der Waals surface area contributed by atoms with Crippen molar-refractivity contribution < 1.29 is 22.0 Å². The zero-order valence-electron chi connectivity index (χ0n) is 20.4. The molecule has 2 unspecified atom stereocenters. The van der Waals surface area contributed by atoms with Gasteiger partial charge in [0.25, 0.3) is 6.43 Å². The van der Waals surface area contributed by atoms with Crippen molar-refractivity contribution in [3.05, 3.63) is 63.7 Å². The van der Waals surface area contributed by atoms with Crippen LogP contribution < -0.4 is 10.6 Å². The van der Waals surface area contributed by atoms with Gasteiger partial charge in [0, 0.05) is 38.3 Å². The Bertz CT molecular complexity index is 1290. The first-order chi connectivity index (χ1) is 16.9. The van der Waals surface area contributed by atoms with E-state index < -0.39 is 29.5 Å². The van der Waals surface area contributed by atoms with Crippen molar-refractivity contribution in [3.8, 4) is 0 Å². The Morgan fingerprint density at radius 3 is 2.31 bits per heavy atom. The lowest BCUT2D eigenvalue weighted by molar-refractivity contribution is -0.137. The molecule has 1 aliphatic rings. The molecule has 1 fully saturated rings. The molecule has 3 aromatic rings. The van der Waals surface area contributed by atoms with Gasteiger partial charge in [0.05, 0.1) is 11.1 Å². The summed E-state index contributed by atoms with van der Waals surface area (Å²) in [5.74, 6) is 0.267. The number of aryl methyl sites for hydroxylation is 1. The Kier molecular flexibility index (Phi) is 7.05. The molecule has 6 nitrogen and oxygen atoms in total. The van der Waals surface area contributed by atoms with Crippen molar-refractivity contribution >= 4 is 16.9 Å².